The standard InChI is InChI=1S/C19H21Cl2N5O4S2/c1-2-29-17-15(26-6-12(24-25-26)13-8-31-19(22)23-13)16(28)14(7-27)30-18(17)32-9-3-4-10(20)11(21)5-9/h3-6,8,14-18,27-28H,2,7H2,1H3,(H2,22,23)/t14?,15-,16-,17?,18+/m0/s1. The van der Waals surface area contributed by atoms with Gasteiger partial charge in [0.15, 0.2) is 5.13 Å². The second-order valence-electron chi connectivity index (χ2n) is 6.98. The lowest BCUT2D eigenvalue weighted by Gasteiger charge is -2.43. The van der Waals surface area contributed by atoms with E-state index in [-0.39, 0.29) is 6.61 Å². The molecule has 0 radical (unpaired) electrons. The van der Waals surface area contributed by atoms with E-state index in [0.29, 0.717) is 33.2 Å². The predicted molar refractivity (Wildman–Crippen MR) is 124 cm³/mol. The van der Waals surface area contributed by atoms with Crippen LogP contribution in [0.5, 0.6) is 0 Å². The summed E-state index contributed by atoms with van der Waals surface area (Å²) in [5.41, 5.74) is 6.26. The van der Waals surface area contributed by atoms with E-state index in [0.717, 1.165) is 4.90 Å². The number of benzene rings is 1. The van der Waals surface area contributed by atoms with Crippen LogP contribution < -0.4 is 5.73 Å². The number of thiazole rings is 1. The van der Waals surface area contributed by atoms with Gasteiger partial charge in [0.1, 0.15) is 41.2 Å². The Kier molecular flexibility index (Phi) is 7.58. The number of aliphatic hydroxyl groups excluding tert-OH is 2. The van der Waals surface area contributed by atoms with Gasteiger partial charge < -0.3 is 25.4 Å². The molecule has 1 aliphatic rings. The monoisotopic (exact) mass is 517 g/mol. The van der Waals surface area contributed by atoms with Crippen LogP contribution in [0.2, 0.25) is 10.0 Å². The number of nitrogen functional groups attached to an aromatic ring is 1. The first kappa shape index (κ1) is 23.7. The van der Waals surface area contributed by atoms with E-state index in [4.69, 9.17) is 38.4 Å². The van der Waals surface area contributed by atoms with E-state index in [1.54, 1.807) is 23.7 Å². The maximum atomic E-state index is 11.0. The molecule has 9 nitrogen and oxygen atoms in total. The molecule has 1 aromatic carbocycles. The van der Waals surface area contributed by atoms with Crippen LogP contribution in [0.25, 0.3) is 11.4 Å². The molecule has 0 bridgehead atoms. The zero-order valence-corrected chi connectivity index (χ0v) is 20.0. The highest BCUT2D eigenvalue weighted by Gasteiger charge is 2.47. The molecule has 0 saturated carbocycles. The van der Waals surface area contributed by atoms with E-state index in [1.807, 2.05) is 13.0 Å². The third kappa shape index (κ3) is 4.90. The minimum Gasteiger partial charge on any atom is -0.394 e. The highest BCUT2D eigenvalue weighted by atomic mass is 35.5. The Bertz CT molecular complexity index is 1070. The maximum Gasteiger partial charge on any atom is 0.180 e. The Morgan fingerprint density at radius 2 is 2.12 bits per heavy atom. The van der Waals surface area contributed by atoms with E-state index in [9.17, 15) is 10.2 Å². The number of hydrogen-bond donors (Lipinski definition) is 3. The Morgan fingerprint density at radius 1 is 1.31 bits per heavy atom. The van der Waals surface area contributed by atoms with Crippen LogP contribution in [0.4, 0.5) is 5.13 Å². The third-order valence-corrected chi connectivity index (χ3v) is 7.48. The lowest BCUT2D eigenvalue weighted by atomic mass is 9.97. The van der Waals surface area contributed by atoms with Crippen LogP contribution in [0, 0.1) is 0 Å². The second-order valence-corrected chi connectivity index (χ2v) is 9.85. The molecule has 1 saturated heterocycles. The first-order valence-electron chi connectivity index (χ1n) is 9.72. The van der Waals surface area contributed by atoms with Gasteiger partial charge in [-0.05, 0) is 25.1 Å². The van der Waals surface area contributed by atoms with Gasteiger partial charge in [0.2, 0.25) is 0 Å². The van der Waals surface area contributed by atoms with Gasteiger partial charge in [-0.15, -0.1) is 16.4 Å². The van der Waals surface area contributed by atoms with Crippen LogP contribution in [0.1, 0.15) is 13.0 Å². The smallest absolute Gasteiger partial charge is 0.180 e. The number of aliphatic hydroxyl groups is 2. The first-order valence-corrected chi connectivity index (χ1v) is 12.2. The molecule has 4 rings (SSSR count). The molecule has 5 atom stereocenters. The van der Waals surface area contributed by atoms with Gasteiger partial charge in [0, 0.05) is 16.9 Å². The maximum absolute atomic E-state index is 11.0. The Morgan fingerprint density at radius 3 is 2.78 bits per heavy atom. The molecule has 2 unspecified atom stereocenters. The number of nitrogens with zero attached hydrogens (tertiary/aromatic N) is 4. The minimum absolute atomic E-state index is 0.376. The molecule has 3 heterocycles. The van der Waals surface area contributed by atoms with Crippen molar-refractivity contribution in [3.63, 3.8) is 0 Å². The summed E-state index contributed by atoms with van der Waals surface area (Å²) in [7, 11) is 0. The summed E-state index contributed by atoms with van der Waals surface area (Å²) >= 11 is 14.9. The molecular weight excluding hydrogens is 497 g/mol. The molecule has 1 fully saturated rings. The zero-order valence-electron chi connectivity index (χ0n) is 16.8. The van der Waals surface area contributed by atoms with Crippen molar-refractivity contribution >= 4 is 51.4 Å². The van der Waals surface area contributed by atoms with Crippen molar-refractivity contribution in [2.75, 3.05) is 18.9 Å². The normalized spacial score (nSPS) is 25.8. The molecule has 0 amide bonds. The molecule has 13 heteroatoms. The lowest BCUT2D eigenvalue weighted by Crippen LogP contribution is -2.55. The van der Waals surface area contributed by atoms with Crippen molar-refractivity contribution in [2.45, 2.75) is 41.6 Å². The largest absolute Gasteiger partial charge is 0.394 e. The number of hydrogen-bond acceptors (Lipinski definition) is 10. The van der Waals surface area contributed by atoms with Crippen molar-refractivity contribution in [1.29, 1.82) is 0 Å². The van der Waals surface area contributed by atoms with Crippen LogP contribution in [-0.2, 0) is 9.47 Å². The van der Waals surface area contributed by atoms with Crippen LogP contribution >= 0.6 is 46.3 Å². The molecule has 0 spiro atoms. The van der Waals surface area contributed by atoms with Gasteiger partial charge in [0.05, 0.1) is 22.8 Å². The second kappa shape index (κ2) is 10.2. The zero-order chi connectivity index (χ0) is 22.8. The van der Waals surface area contributed by atoms with Crippen LogP contribution in [-0.4, -0.2) is 67.2 Å². The van der Waals surface area contributed by atoms with Gasteiger partial charge in [-0.2, -0.15) is 0 Å². The van der Waals surface area contributed by atoms with Crippen LogP contribution in [0.15, 0.2) is 34.7 Å². The molecule has 0 aliphatic carbocycles. The third-order valence-electron chi connectivity index (χ3n) is 4.93. The van der Waals surface area contributed by atoms with Gasteiger partial charge in [-0.3, -0.25) is 0 Å². The number of thioether (sulfide) groups is 1. The van der Waals surface area contributed by atoms with E-state index < -0.39 is 29.8 Å². The minimum atomic E-state index is -1.09. The fourth-order valence-electron chi connectivity index (χ4n) is 3.46. The van der Waals surface area contributed by atoms with Gasteiger partial charge in [-0.25, -0.2) is 9.67 Å². The Hall–Kier alpha value is -1.44. The summed E-state index contributed by atoms with van der Waals surface area (Å²) in [6.45, 7) is 1.86. The average molecular weight is 518 g/mol. The summed E-state index contributed by atoms with van der Waals surface area (Å²) < 4.78 is 13.5. The molecule has 172 valence electrons. The molecule has 32 heavy (non-hydrogen) atoms. The number of halogens is 2. The summed E-state index contributed by atoms with van der Waals surface area (Å²) in [5.74, 6) is 0. The van der Waals surface area contributed by atoms with Crippen molar-refractivity contribution in [1.82, 2.24) is 20.0 Å². The molecule has 4 N–H and O–H groups in total. The summed E-state index contributed by atoms with van der Waals surface area (Å²) in [5, 5.41) is 32.3. The van der Waals surface area contributed by atoms with E-state index in [2.05, 4.69) is 15.3 Å². The summed E-state index contributed by atoms with van der Waals surface area (Å²) in [6, 6.07) is 4.58. The molecule has 3 aromatic rings. The number of anilines is 1. The van der Waals surface area contributed by atoms with E-state index >= 15 is 0 Å². The number of aromatic nitrogens is 4. The SMILES string of the molecule is CCOC1[C@@H](Sc2ccc(Cl)c(Cl)c2)OC(CO)[C@H](O)[C@@H]1n1cc(-c2csc(N)n2)nn1. The Balaban J connectivity index is 1.66. The van der Waals surface area contributed by atoms with E-state index in [1.165, 1.54) is 27.8 Å². The average Bonchev–Trinajstić information content (AvgIpc) is 3.42. The van der Waals surface area contributed by atoms with Crippen molar-refractivity contribution < 1.29 is 19.7 Å². The summed E-state index contributed by atoms with van der Waals surface area (Å²) in [6.07, 6.45) is -0.862. The number of ether oxygens (including phenoxy) is 2. The Labute approximate surface area is 202 Å². The molecular formula is C19H21Cl2N5O4S2. The summed E-state index contributed by atoms with van der Waals surface area (Å²) in [4.78, 5) is 5.03. The van der Waals surface area contributed by atoms with Crippen molar-refractivity contribution in [3.8, 4) is 11.4 Å². The number of rotatable bonds is 7. The van der Waals surface area contributed by atoms with Crippen LogP contribution in [0.3, 0.4) is 0 Å². The molecule has 1 aliphatic heterocycles. The van der Waals surface area contributed by atoms with Crippen molar-refractivity contribution in [2.24, 2.45) is 0 Å². The quantitative estimate of drug-likeness (QED) is 0.432. The van der Waals surface area contributed by atoms with Gasteiger partial charge >= 0.3 is 0 Å². The lowest BCUT2D eigenvalue weighted by molar-refractivity contribution is -0.191. The van der Waals surface area contributed by atoms with Gasteiger partial charge in [-0.1, -0.05) is 40.2 Å². The number of nitrogens with two attached hydrogens (primary N) is 1. The van der Waals surface area contributed by atoms with Crippen molar-refractivity contribution in [3.05, 3.63) is 39.8 Å². The highest BCUT2D eigenvalue weighted by Crippen LogP contribution is 2.41. The molecule has 2 aromatic heterocycles. The first-order chi connectivity index (χ1) is 15.4. The fraction of sp³-hybridized carbons (Fsp3) is 0.421. The highest BCUT2D eigenvalue weighted by molar-refractivity contribution is 7.99. The predicted octanol–water partition coefficient (Wildman–Crippen LogP) is 3.11. The van der Waals surface area contributed by atoms with Gasteiger partial charge in [0.25, 0.3) is 0 Å². The fourth-order valence-corrected chi connectivity index (χ4v) is 5.55. The topological polar surface area (TPSA) is 129 Å².